The molecule has 1 N–H and O–H groups in total. The fourth-order valence-corrected chi connectivity index (χ4v) is 4.73. The highest BCUT2D eigenvalue weighted by Crippen LogP contribution is 2.18. The van der Waals surface area contributed by atoms with Gasteiger partial charge in [-0.1, -0.05) is 0 Å². The van der Waals surface area contributed by atoms with Crippen LogP contribution in [0.1, 0.15) is 29.3 Å². The van der Waals surface area contributed by atoms with E-state index in [0.29, 0.717) is 31.7 Å². The first-order valence-electron chi connectivity index (χ1n) is 9.90. The van der Waals surface area contributed by atoms with Crippen LogP contribution in [0.25, 0.3) is 0 Å². The molecule has 162 valence electrons. The summed E-state index contributed by atoms with van der Waals surface area (Å²) >= 11 is 0. The van der Waals surface area contributed by atoms with Crippen LogP contribution in [0, 0.1) is 6.92 Å². The minimum atomic E-state index is -3.65. The van der Waals surface area contributed by atoms with Crippen molar-refractivity contribution in [2.75, 3.05) is 32.7 Å². The lowest BCUT2D eigenvalue weighted by atomic mass is 10.2. The van der Waals surface area contributed by atoms with Gasteiger partial charge in [0.15, 0.2) is 0 Å². The molecule has 0 spiro atoms. The van der Waals surface area contributed by atoms with Crippen molar-refractivity contribution >= 4 is 21.8 Å². The van der Waals surface area contributed by atoms with E-state index in [4.69, 9.17) is 0 Å². The van der Waals surface area contributed by atoms with Gasteiger partial charge in [0.1, 0.15) is 0 Å². The molecule has 2 heterocycles. The van der Waals surface area contributed by atoms with Crippen LogP contribution in [0.2, 0.25) is 0 Å². The number of nitrogens with zero attached hydrogens (tertiary/aromatic N) is 4. The maximum atomic E-state index is 12.8. The van der Waals surface area contributed by atoms with Crippen molar-refractivity contribution in [1.82, 2.24) is 24.3 Å². The first-order chi connectivity index (χ1) is 14.3. The van der Waals surface area contributed by atoms with Gasteiger partial charge >= 0.3 is 0 Å². The molecule has 1 aromatic heterocycles. The van der Waals surface area contributed by atoms with Crippen LogP contribution in [0.3, 0.4) is 0 Å². The van der Waals surface area contributed by atoms with E-state index in [1.54, 1.807) is 11.1 Å². The molecule has 0 radical (unpaired) electrons. The fourth-order valence-electron chi connectivity index (χ4n) is 3.30. The van der Waals surface area contributed by atoms with Gasteiger partial charge in [-0.25, -0.2) is 8.42 Å². The van der Waals surface area contributed by atoms with Crippen molar-refractivity contribution in [3.05, 3.63) is 47.8 Å². The van der Waals surface area contributed by atoms with Crippen LogP contribution in [-0.2, 0) is 21.4 Å². The molecule has 0 unspecified atom stereocenters. The third-order valence-corrected chi connectivity index (χ3v) is 6.96. The summed E-state index contributed by atoms with van der Waals surface area (Å²) in [5, 5.41) is 7.03. The van der Waals surface area contributed by atoms with Crippen LogP contribution in [0.15, 0.2) is 41.6 Å². The number of sulfonamides is 1. The molecule has 3 rings (SSSR count). The number of rotatable bonds is 7. The number of carbonyl (C=O) groups is 2. The molecule has 1 aliphatic rings. The summed E-state index contributed by atoms with van der Waals surface area (Å²) in [7, 11) is -3.65. The van der Waals surface area contributed by atoms with Crippen molar-refractivity contribution in [3.8, 4) is 0 Å². The summed E-state index contributed by atoms with van der Waals surface area (Å²) in [6.07, 6.45) is 4.48. The van der Waals surface area contributed by atoms with E-state index in [1.807, 2.05) is 17.8 Å². The normalized spacial score (nSPS) is 15.2. The maximum Gasteiger partial charge on any atom is 0.251 e. The molecule has 2 amide bonds. The molecule has 0 saturated carbocycles. The Morgan fingerprint density at radius 1 is 1.10 bits per heavy atom. The van der Waals surface area contributed by atoms with Gasteiger partial charge in [-0.2, -0.15) is 9.40 Å². The number of aromatic nitrogens is 2. The number of aryl methyl sites for hydroxylation is 2. The van der Waals surface area contributed by atoms with Crippen LogP contribution in [-0.4, -0.2) is 71.9 Å². The Labute approximate surface area is 176 Å². The molecule has 1 aromatic carbocycles. The van der Waals surface area contributed by atoms with Gasteiger partial charge in [-0.15, -0.1) is 0 Å². The molecular weight excluding hydrogens is 406 g/mol. The van der Waals surface area contributed by atoms with Gasteiger partial charge in [-0.3, -0.25) is 14.3 Å². The third-order valence-electron chi connectivity index (χ3n) is 5.05. The first-order valence-corrected chi connectivity index (χ1v) is 11.3. The Balaban J connectivity index is 1.52. The molecule has 1 fully saturated rings. The lowest BCUT2D eigenvalue weighted by Crippen LogP contribution is -2.49. The Hall–Kier alpha value is -2.72. The molecule has 0 atom stereocenters. The van der Waals surface area contributed by atoms with Crippen molar-refractivity contribution in [2.45, 2.75) is 31.7 Å². The van der Waals surface area contributed by atoms with E-state index >= 15 is 0 Å². The summed E-state index contributed by atoms with van der Waals surface area (Å²) in [4.78, 5) is 25.5. The zero-order chi connectivity index (χ0) is 21.7. The van der Waals surface area contributed by atoms with Gasteiger partial charge in [-0.05, 0) is 43.2 Å². The second kappa shape index (κ2) is 9.40. The number of hydrogen-bond acceptors (Lipinski definition) is 5. The Kier molecular flexibility index (Phi) is 6.88. The van der Waals surface area contributed by atoms with E-state index in [0.717, 1.165) is 12.0 Å². The predicted octanol–water partition coefficient (Wildman–Crippen LogP) is 0.864. The summed E-state index contributed by atoms with van der Waals surface area (Å²) in [5.74, 6) is -0.298. The average molecular weight is 434 g/mol. The second-order valence-corrected chi connectivity index (χ2v) is 9.26. The molecule has 0 bridgehead atoms. The maximum absolute atomic E-state index is 12.8. The van der Waals surface area contributed by atoms with E-state index in [1.165, 1.54) is 35.5 Å². The van der Waals surface area contributed by atoms with Gasteiger partial charge in [0, 0.05) is 58.0 Å². The van der Waals surface area contributed by atoms with Gasteiger partial charge in [0.2, 0.25) is 15.9 Å². The standard InChI is InChI=1S/C20H27N5O4S/c1-16-14-22-24(15-16)9-3-8-21-20(27)18-4-6-19(7-5-18)30(28,29)25-12-10-23(11-13-25)17(2)26/h4-7,14-15H,3,8-13H2,1-2H3,(H,21,27). The van der Waals surface area contributed by atoms with Gasteiger partial charge in [0.25, 0.3) is 5.91 Å². The van der Waals surface area contributed by atoms with E-state index < -0.39 is 10.0 Å². The van der Waals surface area contributed by atoms with Crippen molar-refractivity contribution in [1.29, 1.82) is 0 Å². The highest BCUT2D eigenvalue weighted by atomic mass is 32.2. The molecule has 0 aliphatic carbocycles. The van der Waals surface area contributed by atoms with Gasteiger partial charge < -0.3 is 10.2 Å². The zero-order valence-corrected chi connectivity index (χ0v) is 18.1. The number of piperazine rings is 1. The fraction of sp³-hybridized carbons (Fsp3) is 0.450. The highest BCUT2D eigenvalue weighted by molar-refractivity contribution is 7.89. The van der Waals surface area contributed by atoms with Crippen LogP contribution >= 0.6 is 0 Å². The highest BCUT2D eigenvalue weighted by Gasteiger charge is 2.29. The summed E-state index contributed by atoms with van der Waals surface area (Å²) < 4.78 is 28.8. The van der Waals surface area contributed by atoms with Crippen molar-refractivity contribution < 1.29 is 18.0 Å². The summed E-state index contributed by atoms with van der Waals surface area (Å²) in [6, 6.07) is 5.94. The smallest absolute Gasteiger partial charge is 0.251 e. The molecule has 1 saturated heterocycles. The zero-order valence-electron chi connectivity index (χ0n) is 17.2. The number of amides is 2. The molecule has 10 heteroatoms. The molecule has 9 nitrogen and oxygen atoms in total. The average Bonchev–Trinajstić information content (AvgIpc) is 3.16. The van der Waals surface area contributed by atoms with E-state index in [2.05, 4.69) is 10.4 Å². The SMILES string of the molecule is CC(=O)N1CCN(S(=O)(=O)c2ccc(C(=O)NCCCn3cc(C)cn3)cc2)CC1. The molecular formula is C20H27N5O4S. The Morgan fingerprint density at radius 2 is 1.77 bits per heavy atom. The van der Waals surface area contributed by atoms with Crippen LogP contribution in [0.5, 0.6) is 0 Å². The third kappa shape index (κ3) is 5.25. The quantitative estimate of drug-likeness (QED) is 0.653. The Morgan fingerprint density at radius 3 is 2.33 bits per heavy atom. The predicted molar refractivity (Wildman–Crippen MR) is 111 cm³/mol. The molecule has 2 aromatic rings. The topological polar surface area (TPSA) is 105 Å². The minimum absolute atomic E-state index is 0.0536. The van der Waals surface area contributed by atoms with E-state index in [9.17, 15) is 18.0 Å². The first kappa shape index (κ1) is 22.0. The Bertz CT molecular complexity index is 992. The summed E-state index contributed by atoms with van der Waals surface area (Å²) in [6.45, 7) is 5.95. The second-order valence-electron chi connectivity index (χ2n) is 7.32. The summed E-state index contributed by atoms with van der Waals surface area (Å²) in [5.41, 5.74) is 1.50. The number of carbonyl (C=O) groups excluding carboxylic acids is 2. The molecule has 30 heavy (non-hydrogen) atoms. The number of hydrogen-bond donors (Lipinski definition) is 1. The largest absolute Gasteiger partial charge is 0.352 e. The molecule has 1 aliphatic heterocycles. The van der Waals surface area contributed by atoms with Crippen LogP contribution in [0.4, 0.5) is 0 Å². The van der Waals surface area contributed by atoms with Crippen molar-refractivity contribution in [2.24, 2.45) is 0 Å². The van der Waals surface area contributed by atoms with Crippen molar-refractivity contribution in [3.63, 3.8) is 0 Å². The lowest BCUT2D eigenvalue weighted by Gasteiger charge is -2.33. The number of nitrogens with one attached hydrogen (secondary N) is 1. The van der Waals surface area contributed by atoms with E-state index in [-0.39, 0.29) is 29.8 Å². The minimum Gasteiger partial charge on any atom is -0.352 e. The van der Waals surface area contributed by atoms with Gasteiger partial charge in [0.05, 0.1) is 11.1 Å². The number of benzene rings is 1. The van der Waals surface area contributed by atoms with Crippen LogP contribution < -0.4 is 5.32 Å². The monoisotopic (exact) mass is 433 g/mol. The lowest BCUT2D eigenvalue weighted by molar-refractivity contribution is -0.129.